The Bertz CT molecular complexity index is 6330. The molecule has 14 nitrogen and oxygen atoms in total. The van der Waals surface area contributed by atoms with E-state index in [2.05, 4.69) is 301 Å². The van der Waals surface area contributed by atoms with Crippen LogP contribution in [0, 0.1) is 141 Å². The largest absolute Gasteiger partial charge is 0.512 e. The van der Waals surface area contributed by atoms with Crippen LogP contribution in [0.15, 0.2) is 288 Å². The van der Waals surface area contributed by atoms with Gasteiger partial charge in [-0.05, 0) is 213 Å². The zero-order valence-electron chi connectivity index (χ0n) is 80.2. The summed E-state index contributed by atoms with van der Waals surface area (Å²) in [7, 11) is 0. The second-order valence-electron chi connectivity index (χ2n) is 31.7. The van der Waals surface area contributed by atoms with Gasteiger partial charge in [-0.3, -0.25) is 39.1 Å². The Morgan fingerprint density at radius 1 is 0.291 bits per heavy atom. The Morgan fingerprint density at radius 2 is 0.582 bits per heavy atom. The van der Waals surface area contributed by atoms with Crippen LogP contribution in [-0.4, -0.2) is 75.9 Å². The number of aryl methyl sites for hydroxylation is 14. The minimum atomic E-state index is -0.125. The molecule has 15 rings (SSSR count). The molecule has 0 fully saturated rings. The van der Waals surface area contributed by atoms with Gasteiger partial charge in [0.15, 0.2) is 23.1 Å². The van der Waals surface area contributed by atoms with Gasteiger partial charge in [0.25, 0.3) is 0 Å². The smallest absolute Gasteiger partial charge is 0.155 e. The van der Waals surface area contributed by atoms with Crippen molar-refractivity contribution in [3.8, 4) is 45.0 Å². The van der Waals surface area contributed by atoms with Crippen molar-refractivity contribution in [2.75, 3.05) is 0 Å². The van der Waals surface area contributed by atoms with E-state index in [1.165, 1.54) is 157 Å². The van der Waals surface area contributed by atoms with Crippen LogP contribution in [0.4, 0.5) is 11.4 Å². The Labute approximate surface area is 861 Å². The molecule has 0 saturated carbocycles. The number of fused-ring (bicyclic) bond motifs is 4. The predicted octanol–water partition coefficient (Wildman–Crippen LogP) is 28.5. The maximum atomic E-state index is 10.0. The van der Waals surface area contributed by atoms with Gasteiger partial charge in [-0.25, -0.2) is 0 Å². The summed E-state index contributed by atoms with van der Waals surface area (Å²) >= 11 is 0. The first-order valence-corrected chi connectivity index (χ1v) is 41.9. The summed E-state index contributed by atoms with van der Waals surface area (Å²) in [5, 5.41) is 38.3. The maximum Gasteiger partial charge on any atom is 0.155 e. The van der Waals surface area contributed by atoms with E-state index < -0.39 is 0 Å². The van der Waals surface area contributed by atoms with Gasteiger partial charge >= 0.3 is 0 Å². The van der Waals surface area contributed by atoms with E-state index in [4.69, 9.17) is 40.4 Å². The number of carbonyl (C=O) groups is 4. The van der Waals surface area contributed by atoms with Gasteiger partial charge in [-0.1, -0.05) is 152 Å². The van der Waals surface area contributed by atoms with Crippen molar-refractivity contribution < 1.29 is 141 Å². The SMILES string of the molecule is CC(=O)C=C(C)O.CC(=O)C=C(C)O.CC(=O)C=C(C)O.CC(=O)C=C(C)O.Cc1[c-]c(-c2cc(C)c3ccc(C)cc3n2)cc(C)c1.Cc1[c-]c(-c2ccc3c(C)cc(C)cc3n2)cc(C)c1.Cc1[c-]c(-c2ccc3cc(C)ccc3n2)cc(C)c1.Cc1[c-]c(-c2ccc3ccc(C)cc3n2)cc(C)c1.[CH3-].[Ir].[Ir].[Ir].[Ir].[Pt].[c-]1ccccc1C=Nc1ccccc1N=Cc1[c-]cccc1. The van der Waals surface area contributed by atoms with Crippen LogP contribution in [0.1, 0.15) is 144 Å². The molecule has 0 spiro atoms. The summed E-state index contributed by atoms with van der Waals surface area (Å²) in [6.07, 6.45) is 8.26. The molecule has 4 radical (unpaired) electrons. The number of para-hydroxylation sites is 2. The average Bonchev–Trinajstić information content (AvgIpc) is 0.793. The van der Waals surface area contributed by atoms with E-state index in [1.807, 2.05) is 72.8 Å². The van der Waals surface area contributed by atoms with Crippen molar-refractivity contribution >= 4 is 90.5 Å². The number of hydrogen-bond acceptors (Lipinski definition) is 14. The van der Waals surface area contributed by atoms with Crippen LogP contribution in [0.25, 0.3) is 88.6 Å². The van der Waals surface area contributed by atoms with Gasteiger partial charge < -0.3 is 37.8 Å². The van der Waals surface area contributed by atoms with Crippen LogP contribution < -0.4 is 0 Å². The second-order valence-corrected chi connectivity index (χ2v) is 31.7. The first-order valence-electron chi connectivity index (χ1n) is 41.9. The van der Waals surface area contributed by atoms with Crippen LogP contribution in [-0.2, 0) is 121 Å². The fourth-order valence-electron chi connectivity index (χ4n) is 13.4. The Kier molecular flexibility index (Phi) is 54.6. The van der Waals surface area contributed by atoms with Crippen LogP contribution in [0.3, 0.4) is 0 Å². The fourth-order valence-corrected chi connectivity index (χ4v) is 13.4. The van der Waals surface area contributed by atoms with E-state index in [-0.39, 0.29) is 155 Å². The number of carbonyl (C=O) groups excluding carboxylic acids is 4. The van der Waals surface area contributed by atoms with Crippen molar-refractivity contribution in [3.63, 3.8) is 0 Å². The molecule has 15 aromatic rings. The topological polar surface area (TPSA) is 225 Å². The third-order valence-corrected chi connectivity index (χ3v) is 18.4. The van der Waals surface area contributed by atoms with Gasteiger partial charge in [0.05, 0.1) is 56.5 Å². The number of aromatic nitrogens is 4. The van der Waals surface area contributed by atoms with Crippen molar-refractivity contribution in [2.45, 2.75) is 152 Å². The number of aliphatic hydroxyl groups excluding tert-OH is 4. The summed E-state index contributed by atoms with van der Waals surface area (Å²) in [6.45, 7) is 40.8. The van der Waals surface area contributed by atoms with Gasteiger partial charge in [-0.2, -0.15) is 0 Å². The van der Waals surface area contributed by atoms with E-state index in [0.717, 1.165) is 112 Å². The van der Waals surface area contributed by atoms with E-state index >= 15 is 0 Å². The molecule has 0 aliphatic heterocycles. The third-order valence-electron chi connectivity index (χ3n) is 18.4. The van der Waals surface area contributed by atoms with Gasteiger partial charge in [-0.15, -0.1) is 211 Å². The first-order chi connectivity index (χ1) is 60.7. The summed E-state index contributed by atoms with van der Waals surface area (Å²) in [4.78, 5) is 68.2. The molecule has 4 aromatic heterocycles. The summed E-state index contributed by atoms with van der Waals surface area (Å²) in [5.41, 5.74) is 33.2. The van der Waals surface area contributed by atoms with Crippen LogP contribution >= 0.6 is 0 Å². The maximum absolute atomic E-state index is 10.0. The Balaban J connectivity index is 0.000000773. The predicted molar refractivity (Wildman–Crippen MR) is 537 cm³/mol. The van der Waals surface area contributed by atoms with Crippen LogP contribution in [0.2, 0.25) is 0 Å². The zero-order valence-corrected chi connectivity index (χ0v) is 92.0. The molecular formula is C115H117Ir4N6O8Pt-7. The number of pyridine rings is 4. The van der Waals surface area contributed by atoms with Gasteiger partial charge in [0, 0.05) is 137 Å². The molecule has 0 bridgehead atoms. The molecular weight excluding hydrogens is 2560 g/mol. The second kappa shape index (κ2) is 60.7. The van der Waals surface area contributed by atoms with E-state index in [0.29, 0.717) is 0 Å². The Morgan fingerprint density at radius 3 is 0.948 bits per heavy atom. The Hall–Kier alpha value is -11.5. The number of aliphatic imine (C=N–C) groups is 2. The van der Waals surface area contributed by atoms with E-state index in [9.17, 15) is 19.2 Å². The van der Waals surface area contributed by atoms with Gasteiger partial charge in [0.2, 0.25) is 0 Å². The summed E-state index contributed by atoms with van der Waals surface area (Å²) < 4.78 is 0. The molecule has 4 N–H and O–H groups in total. The third kappa shape index (κ3) is 43.3. The van der Waals surface area contributed by atoms with E-state index in [1.54, 1.807) is 12.4 Å². The van der Waals surface area contributed by atoms with Crippen molar-refractivity contribution in [1.82, 2.24) is 19.9 Å². The number of hydrogen-bond donors (Lipinski definition) is 4. The quantitative estimate of drug-likeness (QED) is 0.0388. The number of allylic oxidation sites excluding steroid dienone is 8. The molecule has 0 unspecified atom stereocenters. The standard InChI is InChI=1S/C20H14N2.2C19H18N.2C18H16N.4C5H8O2.CH3.4Ir.Pt/c1-3-9-17(10-4-1)15-21-19-13-7-8-14-20(19)22-16-18-11-5-2-6-12-18;1-12-7-13(2)10-16(9-12)18-6-5-17-15(4)8-14(3)11-19(17)20-18;1-12-5-6-17-15(4)11-18(20-19(17)10-12)16-8-13(2)7-14(3)9-16;1-12-4-6-17-15(9-12)5-7-18(19-17)16-10-13(2)8-14(3)11-16;1-12-4-5-15-6-7-17(19-18(15)11-12)16-9-13(2)8-14(3)10-16;4*1-4(6)3-5(2)7;;;;;;/h1-9,11,13-16H;5-9,11H,1-4H3;5-8,10-11H,1-4H3;4-10H,1-3H3;4-9,11H,1-3H3;4*3,6H,1-2H3;1H3;;;;;/q-2;4*-1;;;;;-1;;;;;. The van der Waals surface area contributed by atoms with Crippen LogP contribution in [0.5, 0.6) is 0 Å². The number of benzene rings is 11. The zero-order chi connectivity index (χ0) is 93.8. The molecule has 11 aromatic carbocycles. The van der Waals surface area contributed by atoms with Crippen molar-refractivity contribution in [2.24, 2.45) is 9.98 Å². The molecule has 0 aliphatic carbocycles. The molecule has 134 heavy (non-hydrogen) atoms. The monoisotopic (exact) mass is 2680 g/mol. The van der Waals surface area contributed by atoms with Crippen molar-refractivity contribution in [1.29, 1.82) is 0 Å². The minimum Gasteiger partial charge on any atom is -0.512 e. The molecule has 4 heterocycles. The number of ketones is 4. The minimum absolute atomic E-state index is 0. The number of aliphatic hydroxyl groups is 4. The number of nitrogens with zero attached hydrogens (tertiary/aromatic N) is 6. The normalized spacial score (nSPS) is 10.6. The molecule has 0 saturated heterocycles. The summed E-state index contributed by atoms with van der Waals surface area (Å²) in [5.74, 6) is -0.250. The first kappa shape index (κ1) is 121. The average molecular weight is 2680 g/mol. The molecule has 0 aliphatic rings. The molecule has 0 amide bonds. The summed E-state index contributed by atoms with van der Waals surface area (Å²) in [6, 6.07) is 98.5. The number of rotatable bonds is 12. The van der Waals surface area contributed by atoms with Gasteiger partial charge in [0.1, 0.15) is 0 Å². The molecule has 708 valence electrons. The van der Waals surface area contributed by atoms with Crippen molar-refractivity contribution in [3.05, 3.63) is 411 Å². The fraction of sp³-hybridized carbons (Fsp3) is 0.191. The molecule has 0 atom stereocenters. The molecule has 19 heteroatoms.